The minimum atomic E-state index is -0.271. The monoisotopic (exact) mass is 303 g/mol. The summed E-state index contributed by atoms with van der Waals surface area (Å²) in [6.45, 7) is 4.75. The summed E-state index contributed by atoms with van der Waals surface area (Å²) in [6, 6.07) is 4.98. The van der Waals surface area contributed by atoms with E-state index in [2.05, 4.69) is 5.32 Å². The summed E-state index contributed by atoms with van der Waals surface area (Å²) in [6.07, 6.45) is 1.55. The molecule has 0 bridgehead atoms. The van der Waals surface area contributed by atoms with E-state index >= 15 is 0 Å². The molecular formula is C14H19Cl2NO2. The van der Waals surface area contributed by atoms with Crippen molar-refractivity contribution in [2.45, 2.75) is 26.7 Å². The second-order valence-corrected chi connectivity index (χ2v) is 6.09. The van der Waals surface area contributed by atoms with Gasteiger partial charge in [-0.25, -0.2) is 0 Å². The van der Waals surface area contributed by atoms with E-state index < -0.39 is 0 Å². The van der Waals surface area contributed by atoms with Crippen molar-refractivity contribution in [3.05, 3.63) is 33.8 Å². The van der Waals surface area contributed by atoms with E-state index in [1.54, 1.807) is 18.2 Å². The van der Waals surface area contributed by atoms with Gasteiger partial charge >= 0.3 is 0 Å². The van der Waals surface area contributed by atoms with Crippen LogP contribution in [0, 0.1) is 5.41 Å². The number of rotatable bonds is 6. The van der Waals surface area contributed by atoms with Gasteiger partial charge in [0.15, 0.2) is 0 Å². The Morgan fingerprint density at radius 2 is 1.89 bits per heavy atom. The first-order chi connectivity index (χ1) is 8.87. The summed E-state index contributed by atoms with van der Waals surface area (Å²) in [5.41, 5.74) is 0.232. The zero-order chi connectivity index (χ0) is 14.5. The standard InChI is InChI=1S/C14H19Cl2NO2/c1-14(2,7-4-8-18)9-17-13(19)12-10(15)5-3-6-11(12)16/h3,5-6,18H,4,7-9H2,1-2H3,(H,17,19). The molecule has 0 fully saturated rings. The van der Waals surface area contributed by atoms with Crippen molar-refractivity contribution < 1.29 is 9.90 Å². The molecule has 3 nitrogen and oxygen atoms in total. The number of halogens is 2. The number of carbonyl (C=O) groups is 1. The van der Waals surface area contributed by atoms with E-state index in [9.17, 15) is 4.79 Å². The van der Waals surface area contributed by atoms with Crippen LogP contribution in [0.15, 0.2) is 18.2 Å². The van der Waals surface area contributed by atoms with Gasteiger partial charge in [-0.05, 0) is 30.4 Å². The molecule has 0 aliphatic heterocycles. The lowest BCUT2D eigenvalue weighted by Gasteiger charge is -2.24. The fourth-order valence-corrected chi connectivity index (χ4v) is 2.34. The fraction of sp³-hybridized carbons (Fsp3) is 0.500. The molecule has 106 valence electrons. The molecule has 0 spiro atoms. The van der Waals surface area contributed by atoms with E-state index in [-0.39, 0.29) is 17.9 Å². The third-order valence-electron chi connectivity index (χ3n) is 2.93. The van der Waals surface area contributed by atoms with E-state index in [1.165, 1.54) is 0 Å². The van der Waals surface area contributed by atoms with Crippen LogP contribution in [0.5, 0.6) is 0 Å². The highest BCUT2D eigenvalue weighted by atomic mass is 35.5. The largest absolute Gasteiger partial charge is 0.396 e. The van der Waals surface area contributed by atoms with Crippen molar-refractivity contribution in [2.75, 3.05) is 13.2 Å². The Labute approximate surface area is 123 Å². The van der Waals surface area contributed by atoms with Crippen LogP contribution in [0.4, 0.5) is 0 Å². The van der Waals surface area contributed by atoms with Gasteiger partial charge in [0.05, 0.1) is 15.6 Å². The first-order valence-electron chi connectivity index (χ1n) is 6.20. The van der Waals surface area contributed by atoms with Crippen LogP contribution in [0.1, 0.15) is 37.0 Å². The van der Waals surface area contributed by atoms with Gasteiger partial charge < -0.3 is 10.4 Å². The highest BCUT2D eigenvalue weighted by Gasteiger charge is 2.20. The molecule has 1 aromatic rings. The second-order valence-electron chi connectivity index (χ2n) is 5.27. The van der Waals surface area contributed by atoms with Crippen molar-refractivity contribution in [1.29, 1.82) is 0 Å². The molecule has 0 aliphatic rings. The Balaban J connectivity index is 2.66. The molecule has 5 heteroatoms. The van der Waals surface area contributed by atoms with E-state index in [0.717, 1.165) is 12.8 Å². The Morgan fingerprint density at radius 1 is 1.32 bits per heavy atom. The lowest BCUT2D eigenvalue weighted by Crippen LogP contribution is -2.34. The van der Waals surface area contributed by atoms with Crippen molar-refractivity contribution in [2.24, 2.45) is 5.41 Å². The molecule has 19 heavy (non-hydrogen) atoms. The molecule has 0 aliphatic carbocycles. The van der Waals surface area contributed by atoms with Gasteiger partial charge in [0, 0.05) is 13.2 Å². The third kappa shape index (κ3) is 5.01. The first kappa shape index (κ1) is 16.3. The van der Waals surface area contributed by atoms with Gasteiger partial charge in [-0.3, -0.25) is 4.79 Å². The van der Waals surface area contributed by atoms with Crippen molar-refractivity contribution in [3.63, 3.8) is 0 Å². The molecule has 0 saturated carbocycles. The number of aliphatic hydroxyl groups is 1. The minimum absolute atomic E-state index is 0.0773. The van der Waals surface area contributed by atoms with Crippen molar-refractivity contribution >= 4 is 29.1 Å². The molecule has 1 amide bonds. The third-order valence-corrected chi connectivity index (χ3v) is 3.56. The van der Waals surface area contributed by atoms with Crippen LogP contribution in [-0.2, 0) is 0 Å². The summed E-state index contributed by atoms with van der Waals surface area (Å²) in [4.78, 5) is 12.1. The van der Waals surface area contributed by atoms with Crippen molar-refractivity contribution in [1.82, 2.24) is 5.32 Å². The van der Waals surface area contributed by atoms with E-state index in [1.807, 2.05) is 13.8 Å². The van der Waals surface area contributed by atoms with Gasteiger partial charge in [-0.15, -0.1) is 0 Å². The summed E-state index contributed by atoms with van der Waals surface area (Å²) in [7, 11) is 0. The van der Waals surface area contributed by atoms with Crippen LogP contribution >= 0.6 is 23.2 Å². The quantitative estimate of drug-likeness (QED) is 0.845. The van der Waals surface area contributed by atoms with Gasteiger partial charge in [-0.2, -0.15) is 0 Å². The highest BCUT2D eigenvalue weighted by molar-refractivity contribution is 6.39. The highest BCUT2D eigenvalue weighted by Crippen LogP contribution is 2.25. The number of amides is 1. The maximum Gasteiger partial charge on any atom is 0.254 e. The Morgan fingerprint density at radius 3 is 2.42 bits per heavy atom. The van der Waals surface area contributed by atoms with Gasteiger partial charge in [0.1, 0.15) is 0 Å². The summed E-state index contributed by atoms with van der Waals surface area (Å²) in [5.74, 6) is -0.271. The molecule has 1 aromatic carbocycles. The van der Waals surface area contributed by atoms with Gasteiger partial charge in [0.25, 0.3) is 5.91 Å². The number of hydrogen-bond donors (Lipinski definition) is 2. The minimum Gasteiger partial charge on any atom is -0.396 e. The second kappa shape index (κ2) is 7.13. The molecule has 0 aromatic heterocycles. The molecule has 1 rings (SSSR count). The fourth-order valence-electron chi connectivity index (χ4n) is 1.77. The summed E-state index contributed by atoms with van der Waals surface area (Å²) >= 11 is 12.0. The van der Waals surface area contributed by atoms with Crippen molar-refractivity contribution in [3.8, 4) is 0 Å². The van der Waals surface area contributed by atoms with Gasteiger partial charge in [-0.1, -0.05) is 43.1 Å². The zero-order valence-electron chi connectivity index (χ0n) is 11.2. The number of nitrogens with one attached hydrogen (secondary N) is 1. The summed E-state index contributed by atoms with van der Waals surface area (Å²) in [5, 5.41) is 12.4. The maximum absolute atomic E-state index is 12.1. The van der Waals surface area contributed by atoms with Crippen LogP contribution in [0.3, 0.4) is 0 Å². The average Bonchev–Trinajstić information content (AvgIpc) is 2.34. The molecule has 0 unspecified atom stereocenters. The van der Waals surface area contributed by atoms with Crippen LogP contribution in [0.25, 0.3) is 0 Å². The Bertz CT molecular complexity index is 427. The predicted octanol–water partition coefficient (Wildman–Crippen LogP) is 3.52. The number of aliphatic hydroxyl groups excluding tert-OH is 1. The lowest BCUT2D eigenvalue weighted by molar-refractivity contribution is 0.0933. The molecule has 2 N–H and O–H groups in total. The van der Waals surface area contributed by atoms with Crippen LogP contribution < -0.4 is 5.32 Å². The van der Waals surface area contributed by atoms with Crippen LogP contribution in [0.2, 0.25) is 10.0 Å². The number of carbonyl (C=O) groups excluding carboxylic acids is 1. The van der Waals surface area contributed by atoms with E-state index in [4.69, 9.17) is 28.3 Å². The van der Waals surface area contributed by atoms with Gasteiger partial charge in [0.2, 0.25) is 0 Å². The SMILES string of the molecule is CC(C)(CCCO)CNC(=O)c1c(Cl)cccc1Cl. The number of benzene rings is 1. The lowest BCUT2D eigenvalue weighted by atomic mass is 9.88. The zero-order valence-corrected chi connectivity index (χ0v) is 12.7. The molecule has 0 saturated heterocycles. The molecule has 0 radical (unpaired) electrons. The summed E-state index contributed by atoms with van der Waals surface area (Å²) < 4.78 is 0. The number of hydrogen-bond acceptors (Lipinski definition) is 2. The molecule has 0 atom stereocenters. The van der Waals surface area contributed by atoms with Crippen LogP contribution in [-0.4, -0.2) is 24.2 Å². The normalized spacial score (nSPS) is 11.4. The average molecular weight is 304 g/mol. The first-order valence-corrected chi connectivity index (χ1v) is 6.96. The predicted molar refractivity (Wildman–Crippen MR) is 78.9 cm³/mol. The topological polar surface area (TPSA) is 49.3 Å². The maximum atomic E-state index is 12.1. The smallest absolute Gasteiger partial charge is 0.254 e. The molecule has 0 heterocycles. The Kier molecular flexibility index (Phi) is 6.11. The van der Waals surface area contributed by atoms with E-state index in [0.29, 0.717) is 22.2 Å². The Hall–Kier alpha value is -0.770. The molecular weight excluding hydrogens is 285 g/mol.